The molecular formula is C12H12N2O3. The number of morpholine rings is 1. The van der Waals surface area contributed by atoms with E-state index in [4.69, 9.17) is 10.5 Å². The molecule has 2 saturated heterocycles. The van der Waals surface area contributed by atoms with Gasteiger partial charge in [0.15, 0.2) is 0 Å². The van der Waals surface area contributed by atoms with Crippen LogP contribution in [0.4, 0.5) is 11.4 Å². The Bertz CT molecular complexity index is 461. The van der Waals surface area contributed by atoms with Crippen LogP contribution in [-0.4, -0.2) is 24.0 Å². The summed E-state index contributed by atoms with van der Waals surface area (Å²) in [6.07, 6.45) is 0.326. The first-order chi connectivity index (χ1) is 8.16. The van der Waals surface area contributed by atoms with E-state index in [9.17, 15) is 9.59 Å². The number of anilines is 2. The Balaban J connectivity index is 1.99. The minimum atomic E-state index is -0.463. The second kappa shape index (κ2) is 3.56. The van der Waals surface area contributed by atoms with E-state index in [0.717, 1.165) is 0 Å². The molecule has 0 spiro atoms. The zero-order valence-electron chi connectivity index (χ0n) is 9.13. The van der Waals surface area contributed by atoms with Crippen LogP contribution in [0.15, 0.2) is 24.3 Å². The number of nitrogens with two attached hydrogens (primary N) is 1. The molecule has 2 atom stereocenters. The van der Waals surface area contributed by atoms with Gasteiger partial charge in [0, 0.05) is 5.69 Å². The van der Waals surface area contributed by atoms with Gasteiger partial charge in [0.25, 0.3) is 11.8 Å². The van der Waals surface area contributed by atoms with Gasteiger partial charge in [0.2, 0.25) is 0 Å². The molecule has 2 aliphatic rings. The molecule has 2 N–H and O–H groups in total. The van der Waals surface area contributed by atoms with Gasteiger partial charge in [-0.2, -0.15) is 0 Å². The SMILES string of the molecule is Nc1ccc(N2C(=O)C3CCC(O3)C2=O)cc1. The number of benzene rings is 1. The molecule has 0 saturated carbocycles. The predicted molar refractivity (Wildman–Crippen MR) is 61.2 cm³/mol. The summed E-state index contributed by atoms with van der Waals surface area (Å²) in [4.78, 5) is 25.3. The standard InChI is InChI=1S/C12H12N2O3/c13-7-1-3-8(4-2-7)14-11(15)9-5-6-10(17-9)12(14)16/h1-4,9-10H,5-6,13H2. The van der Waals surface area contributed by atoms with Crippen molar-refractivity contribution >= 4 is 23.2 Å². The monoisotopic (exact) mass is 232 g/mol. The Morgan fingerprint density at radius 2 is 1.59 bits per heavy atom. The van der Waals surface area contributed by atoms with Gasteiger partial charge in [-0.3, -0.25) is 9.59 Å². The highest BCUT2D eigenvalue weighted by Gasteiger charge is 2.46. The Labute approximate surface area is 98.1 Å². The lowest BCUT2D eigenvalue weighted by molar-refractivity contribution is -0.146. The number of hydrogen-bond donors (Lipinski definition) is 1. The third-order valence-corrected chi connectivity index (χ3v) is 3.16. The molecule has 5 nitrogen and oxygen atoms in total. The molecule has 0 aliphatic carbocycles. The van der Waals surface area contributed by atoms with Gasteiger partial charge in [0.05, 0.1) is 5.69 Å². The van der Waals surface area contributed by atoms with Crippen LogP contribution in [0.3, 0.4) is 0 Å². The molecule has 2 amide bonds. The van der Waals surface area contributed by atoms with Crippen molar-refractivity contribution in [2.24, 2.45) is 0 Å². The summed E-state index contributed by atoms with van der Waals surface area (Å²) in [6.45, 7) is 0. The number of fused-ring (bicyclic) bond motifs is 2. The highest BCUT2D eigenvalue weighted by atomic mass is 16.5. The van der Waals surface area contributed by atoms with E-state index in [0.29, 0.717) is 24.2 Å². The molecule has 2 aliphatic heterocycles. The Morgan fingerprint density at radius 3 is 2.12 bits per heavy atom. The summed E-state index contributed by atoms with van der Waals surface area (Å²) >= 11 is 0. The van der Waals surface area contributed by atoms with E-state index in [2.05, 4.69) is 0 Å². The van der Waals surface area contributed by atoms with Crippen molar-refractivity contribution in [2.45, 2.75) is 25.0 Å². The van der Waals surface area contributed by atoms with Crippen molar-refractivity contribution < 1.29 is 14.3 Å². The fraction of sp³-hybridized carbons (Fsp3) is 0.333. The lowest BCUT2D eigenvalue weighted by atomic mass is 10.2. The van der Waals surface area contributed by atoms with Crippen molar-refractivity contribution in [3.05, 3.63) is 24.3 Å². The Morgan fingerprint density at radius 1 is 1.06 bits per heavy atom. The average molecular weight is 232 g/mol. The van der Waals surface area contributed by atoms with Crippen molar-refractivity contribution in [1.29, 1.82) is 0 Å². The molecule has 0 radical (unpaired) electrons. The van der Waals surface area contributed by atoms with E-state index in [1.54, 1.807) is 24.3 Å². The van der Waals surface area contributed by atoms with Crippen molar-refractivity contribution in [3.8, 4) is 0 Å². The maximum absolute atomic E-state index is 12.0. The minimum Gasteiger partial charge on any atom is -0.399 e. The van der Waals surface area contributed by atoms with Crippen molar-refractivity contribution in [2.75, 3.05) is 10.6 Å². The van der Waals surface area contributed by atoms with Gasteiger partial charge in [-0.05, 0) is 37.1 Å². The van der Waals surface area contributed by atoms with Crippen LogP contribution in [-0.2, 0) is 14.3 Å². The van der Waals surface area contributed by atoms with E-state index >= 15 is 0 Å². The molecule has 2 heterocycles. The number of carbonyl (C=O) groups is 2. The Kier molecular flexibility index (Phi) is 2.16. The molecule has 17 heavy (non-hydrogen) atoms. The highest BCUT2D eigenvalue weighted by Crippen LogP contribution is 2.31. The van der Waals surface area contributed by atoms with Gasteiger partial charge in [0.1, 0.15) is 12.2 Å². The van der Waals surface area contributed by atoms with Crippen LogP contribution in [0.5, 0.6) is 0 Å². The molecule has 1 aromatic carbocycles. The fourth-order valence-corrected chi connectivity index (χ4v) is 2.27. The third kappa shape index (κ3) is 1.51. The topological polar surface area (TPSA) is 72.6 Å². The molecule has 0 aromatic heterocycles. The summed E-state index contributed by atoms with van der Waals surface area (Å²) in [5, 5.41) is 0. The van der Waals surface area contributed by atoms with Crippen molar-refractivity contribution in [3.63, 3.8) is 0 Å². The smallest absolute Gasteiger partial charge is 0.262 e. The molecule has 1 aromatic rings. The largest absolute Gasteiger partial charge is 0.399 e. The second-order valence-corrected chi connectivity index (χ2v) is 4.29. The van der Waals surface area contributed by atoms with Gasteiger partial charge in [-0.1, -0.05) is 0 Å². The first kappa shape index (κ1) is 10.3. The predicted octanol–water partition coefficient (Wildman–Crippen LogP) is 0.690. The number of rotatable bonds is 1. The van der Waals surface area contributed by atoms with Crippen LogP contribution in [0.1, 0.15) is 12.8 Å². The fourth-order valence-electron chi connectivity index (χ4n) is 2.27. The number of amides is 2. The molecule has 88 valence electrons. The minimum absolute atomic E-state index is 0.270. The number of ether oxygens (including phenoxy) is 1. The number of nitrogen functional groups attached to an aromatic ring is 1. The summed E-state index contributed by atoms with van der Waals surface area (Å²) in [6, 6.07) is 6.70. The molecule has 5 heteroatoms. The van der Waals surface area contributed by atoms with Gasteiger partial charge >= 0.3 is 0 Å². The van der Waals surface area contributed by atoms with E-state index < -0.39 is 12.2 Å². The number of nitrogens with zero attached hydrogens (tertiary/aromatic N) is 1. The van der Waals surface area contributed by atoms with Gasteiger partial charge < -0.3 is 10.5 Å². The summed E-state index contributed by atoms with van der Waals surface area (Å²) in [5.41, 5.74) is 6.75. The number of imide groups is 1. The summed E-state index contributed by atoms with van der Waals surface area (Å²) in [5.74, 6) is -0.540. The van der Waals surface area contributed by atoms with Gasteiger partial charge in [-0.25, -0.2) is 4.90 Å². The molecule has 2 unspecified atom stereocenters. The summed E-state index contributed by atoms with van der Waals surface area (Å²) < 4.78 is 5.33. The van der Waals surface area contributed by atoms with E-state index in [1.165, 1.54) is 4.90 Å². The Hall–Kier alpha value is -1.88. The van der Waals surface area contributed by atoms with E-state index in [1.807, 2.05) is 0 Å². The quantitative estimate of drug-likeness (QED) is 0.571. The lowest BCUT2D eigenvalue weighted by Gasteiger charge is -2.29. The van der Waals surface area contributed by atoms with Crippen LogP contribution >= 0.6 is 0 Å². The zero-order valence-corrected chi connectivity index (χ0v) is 9.13. The molecule has 2 bridgehead atoms. The first-order valence-electron chi connectivity index (χ1n) is 5.55. The molecule has 2 fully saturated rings. The summed E-state index contributed by atoms with van der Waals surface area (Å²) in [7, 11) is 0. The third-order valence-electron chi connectivity index (χ3n) is 3.16. The average Bonchev–Trinajstić information content (AvgIpc) is 2.76. The number of hydrogen-bond acceptors (Lipinski definition) is 4. The van der Waals surface area contributed by atoms with Crippen LogP contribution in [0, 0.1) is 0 Å². The van der Waals surface area contributed by atoms with E-state index in [-0.39, 0.29) is 11.8 Å². The van der Waals surface area contributed by atoms with Crippen molar-refractivity contribution in [1.82, 2.24) is 0 Å². The molecular weight excluding hydrogens is 220 g/mol. The maximum Gasteiger partial charge on any atom is 0.262 e. The van der Waals surface area contributed by atoms with Crippen LogP contribution in [0.2, 0.25) is 0 Å². The highest BCUT2D eigenvalue weighted by molar-refractivity contribution is 6.19. The first-order valence-corrected chi connectivity index (χ1v) is 5.55. The number of carbonyl (C=O) groups excluding carboxylic acids is 2. The second-order valence-electron chi connectivity index (χ2n) is 4.29. The molecule has 3 rings (SSSR count). The zero-order chi connectivity index (χ0) is 12.0. The van der Waals surface area contributed by atoms with Gasteiger partial charge in [-0.15, -0.1) is 0 Å². The maximum atomic E-state index is 12.0. The van der Waals surface area contributed by atoms with Crippen LogP contribution < -0.4 is 10.6 Å². The lowest BCUT2D eigenvalue weighted by Crippen LogP contribution is -2.52. The normalized spacial score (nSPS) is 27.6. The van der Waals surface area contributed by atoms with Crippen LogP contribution in [0.25, 0.3) is 0 Å².